The van der Waals surface area contributed by atoms with Gasteiger partial charge in [-0.1, -0.05) is 12.1 Å². The van der Waals surface area contributed by atoms with Crippen molar-refractivity contribution in [2.24, 2.45) is 0 Å². The molecular weight excluding hydrogens is 321 g/mol. The predicted molar refractivity (Wildman–Crippen MR) is 68.3 cm³/mol. The zero-order valence-electron chi connectivity index (χ0n) is 8.61. The van der Waals surface area contributed by atoms with Gasteiger partial charge >= 0.3 is 0 Å². The molecule has 16 heavy (non-hydrogen) atoms. The second-order valence-corrected chi connectivity index (χ2v) is 4.57. The number of halogens is 1. The van der Waals surface area contributed by atoms with E-state index in [-0.39, 0.29) is 5.91 Å². The summed E-state index contributed by atoms with van der Waals surface area (Å²) in [6.07, 6.45) is -0.496. The van der Waals surface area contributed by atoms with E-state index >= 15 is 0 Å². The Morgan fingerprint density at radius 2 is 2.19 bits per heavy atom. The van der Waals surface area contributed by atoms with Crippen LogP contribution in [0.5, 0.6) is 0 Å². The third-order valence-electron chi connectivity index (χ3n) is 2.24. The van der Waals surface area contributed by atoms with Crippen LogP contribution in [0.3, 0.4) is 0 Å². The smallest absolute Gasteiger partial charge is 0.255 e. The maximum absolute atomic E-state index is 11.8. The highest BCUT2D eigenvalue weighted by molar-refractivity contribution is 14.1. The monoisotopic (exact) mass is 333 g/mol. The number of para-hydroxylation sites is 1. The molecule has 1 atom stereocenters. The number of ether oxygens (including phenoxy) is 2. The third-order valence-corrected chi connectivity index (χ3v) is 3.18. The minimum Gasteiger partial charge on any atom is -0.376 e. The number of benzene rings is 1. The Kier molecular flexibility index (Phi) is 4.14. The Morgan fingerprint density at radius 3 is 2.88 bits per heavy atom. The zero-order chi connectivity index (χ0) is 11.4. The summed E-state index contributed by atoms with van der Waals surface area (Å²) in [4.78, 5) is 11.8. The molecule has 1 aromatic rings. The molecule has 1 aliphatic heterocycles. The number of nitrogens with one attached hydrogen (secondary N) is 1. The van der Waals surface area contributed by atoms with E-state index in [1.54, 1.807) is 0 Å². The van der Waals surface area contributed by atoms with E-state index in [0.717, 1.165) is 9.26 Å². The van der Waals surface area contributed by atoms with Crippen molar-refractivity contribution in [1.29, 1.82) is 0 Å². The first-order valence-electron chi connectivity index (χ1n) is 5.02. The number of hydrogen-bond donors (Lipinski definition) is 1. The van der Waals surface area contributed by atoms with E-state index in [4.69, 9.17) is 9.47 Å². The van der Waals surface area contributed by atoms with Crippen LogP contribution in [-0.4, -0.2) is 31.8 Å². The lowest BCUT2D eigenvalue weighted by Gasteiger charge is -2.22. The van der Waals surface area contributed by atoms with Gasteiger partial charge in [-0.05, 0) is 34.7 Å². The summed E-state index contributed by atoms with van der Waals surface area (Å²) in [5.41, 5.74) is 0.808. The van der Waals surface area contributed by atoms with Gasteiger partial charge in [-0.2, -0.15) is 0 Å². The van der Waals surface area contributed by atoms with E-state index in [1.165, 1.54) is 0 Å². The quantitative estimate of drug-likeness (QED) is 0.838. The number of carbonyl (C=O) groups excluding carboxylic acids is 1. The summed E-state index contributed by atoms with van der Waals surface area (Å²) < 4.78 is 11.5. The van der Waals surface area contributed by atoms with Crippen molar-refractivity contribution in [3.8, 4) is 0 Å². The van der Waals surface area contributed by atoms with Gasteiger partial charge in [0.15, 0.2) is 6.10 Å². The lowest BCUT2D eigenvalue weighted by atomic mass is 10.3. The first-order chi connectivity index (χ1) is 7.77. The van der Waals surface area contributed by atoms with Crippen LogP contribution in [0, 0.1) is 3.57 Å². The van der Waals surface area contributed by atoms with Gasteiger partial charge < -0.3 is 14.8 Å². The standard InChI is InChI=1S/C11H12INO3/c12-8-3-1-2-4-9(8)13-11(14)10-7-15-5-6-16-10/h1-4,10H,5-7H2,(H,13,14). The average Bonchev–Trinajstić information content (AvgIpc) is 2.33. The molecular formula is C11H12INO3. The van der Waals surface area contributed by atoms with Crippen molar-refractivity contribution in [3.05, 3.63) is 27.8 Å². The lowest BCUT2D eigenvalue weighted by molar-refractivity contribution is -0.142. The Morgan fingerprint density at radius 1 is 1.38 bits per heavy atom. The summed E-state index contributed by atoms with van der Waals surface area (Å²) in [6, 6.07) is 7.62. The second-order valence-electron chi connectivity index (χ2n) is 3.40. The minimum atomic E-state index is -0.496. The number of hydrogen-bond acceptors (Lipinski definition) is 3. The third kappa shape index (κ3) is 2.93. The van der Waals surface area contributed by atoms with Crippen LogP contribution in [0.2, 0.25) is 0 Å². The molecule has 86 valence electrons. The predicted octanol–water partition coefficient (Wildman–Crippen LogP) is 1.65. The molecule has 1 aromatic carbocycles. The Labute approximate surface area is 107 Å². The van der Waals surface area contributed by atoms with Crippen molar-refractivity contribution in [3.63, 3.8) is 0 Å². The van der Waals surface area contributed by atoms with Crippen molar-refractivity contribution in [2.75, 3.05) is 25.1 Å². The van der Waals surface area contributed by atoms with Crippen LogP contribution in [0.1, 0.15) is 0 Å². The van der Waals surface area contributed by atoms with Crippen molar-refractivity contribution >= 4 is 34.2 Å². The molecule has 0 aliphatic carbocycles. The summed E-state index contributed by atoms with van der Waals surface area (Å²) in [5, 5.41) is 2.83. The molecule has 1 N–H and O–H groups in total. The van der Waals surface area contributed by atoms with Crippen LogP contribution in [0.15, 0.2) is 24.3 Å². The van der Waals surface area contributed by atoms with Gasteiger partial charge in [-0.3, -0.25) is 4.79 Å². The minimum absolute atomic E-state index is 0.149. The molecule has 0 bridgehead atoms. The molecule has 5 heteroatoms. The Hall–Kier alpha value is -0.660. The molecule has 1 heterocycles. The van der Waals surface area contributed by atoms with Gasteiger partial charge in [0, 0.05) is 3.57 Å². The summed E-state index contributed by atoms with van der Waals surface area (Å²) in [6.45, 7) is 1.37. The largest absolute Gasteiger partial charge is 0.376 e. The number of carbonyl (C=O) groups is 1. The van der Waals surface area contributed by atoms with Crippen LogP contribution < -0.4 is 5.32 Å². The van der Waals surface area contributed by atoms with Gasteiger partial charge in [0.25, 0.3) is 5.91 Å². The SMILES string of the molecule is O=C(Nc1ccccc1I)C1COCCO1. The topological polar surface area (TPSA) is 47.6 Å². The molecule has 1 amide bonds. The fraction of sp³-hybridized carbons (Fsp3) is 0.364. The highest BCUT2D eigenvalue weighted by Crippen LogP contribution is 2.17. The summed E-state index contributed by atoms with van der Waals surface area (Å²) in [5.74, 6) is -0.149. The van der Waals surface area contributed by atoms with Crippen LogP contribution >= 0.6 is 22.6 Å². The number of anilines is 1. The molecule has 0 spiro atoms. The van der Waals surface area contributed by atoms with Crippen LogP contribution in [-0.2, 0) is 14.3 Å². The first kappa shape index (κ1) is 11.8. The Balaban J connectivity index is 1.99. The van der Waals surface area contributed by atoms with Gasteiger partial charge in [-0.15, -0.1) is 0 Å². The van der Waals surface area contributed by atoms with Crippen molar-refractivity contribution in [2.45, 2.75) is 6.10 Å². The van der Waals surface area contributed by atoms with E-state index in [9.17, 15) is 4.79 Å². The zero-order valence-corrected chi connectivity index (χ0v) is 10.8. The van der Waals surface area contributed by atoms with E-state index in [0.29, 0.717) is 19.8 Å². The van der Waals surface area contributed by atoms with Crippen LogP contribution in [0.4, 0.5) is 5.69 Å². The van der Waals surface area contributed by atoms with Crippen molar-refractivity contribution < 1.29 is 14.3 Å². The highest BCUT2D eigenvalue weighted by atomic mass is 127. The summed E-state index contributed by atoms with van der Waals surface area (Å²) >= 11 is 2.18. The molecule has 2 rings (SSSR count). The highest BCUT2D eigenvalue weighted by Gasteiger charge is 2.22. The molecule has 0 saturated carbocycles. The van der Waals surface area contributed by atoms with Gasteiger partial charge in [0.2, 0.25) is 0 Å². The Bertz CT molecular complexity index is 377. The van der Waals surface area contributed by atoms with Gasteiger partial charge in [0.05, 0.1) is 25.5 Å². The molecule has 1 aliphatic rings. The van der Waals surface area contributed by atoms with E-state index in [1.807, 2.05) is 24.3 Å². The fourth-order valence-corrected chi connectivity index (χ4v) is 1.94. The molecule has 0 radical (unpaired) electrons. The van der Waals surface area contributed by atoms with Gasteiger partial charge in [-0.25, -0.2) is 0 Å². The molecule has 1 fully saturated rings. The maximum Gasteiger partial charge on any atom is 0.255 e. The molecule has 4 nitrogen and oxygen atoms in total. The summed E-state index contributed by atoms with van der Waals surface area (Å²) in [7, 11) is 0. The maximum atomic E-state index is 11.8. The fourth-order valence-electron chi connectivity index (χ4n) is 1.41. The van der Waals surface area contributed by atoms with Crippen molar-refractivity contribution in [1.82, 2.24) is 0 Å². The normalized spacial score (nSPS) is 20.4. The molecule has 1 saturated heterocycles. The van der Waals surface area contributed by atoms with Crippen LogP contribution in [0.25, 0.3) is 0 Å². The number of rotatable bonds is 2. The lowest BCUT2D eigenvalue weighted by Crippen LogP contribution is -2.39. The average molecular weight is 333 g/mol. The van der Waals surface area contributed by atoms with E-state index < -0.39 is 6.10 Å². The van der Waals surface area contributed by atoms with Gasteiger partial charge in [0.1, 0.15) is 0 Å². The molecule has 0 aromatic heterocycles. The molecule has 1 unspecified atom stereocenters. The second kappa shape index (κ2) is 5.60. The number of amides is 1. The van der Waals surface area contributed by atoms with E-state index in [2.05, 4.69) is 27.9 Å². The first-order valence-corrected chi connectivity index (χ1v) is 6.10.